The molecule has 0 spiro atoms. The zero-order valence-electron chi connectivity index (χ0n) is 15.6. The number of carbonyl (C=O) groups is 1. The van der Waals surface area contributed by atoms with Crippen LogP contribution in [0.5, 0.6) is 0 Å². The van der Waals surface area contributed by atoms with E-state index in [2.05, 4.69) is 72.8 Å². The van der Waals surface area contributed by atoms with Crippen LogP contribution >= 0.6 is 15.9 Å². The van der Waals surface area contributed by atoms with Crippen LogP contribution in [0.3, 0.4) is 0 Å². The van der Waals surface area contributed by atoms with Crippen LogP contribution in [0.15, 0.2) is 83.8 Å². The number of benzene rings is 3. The lowest BCUT2D eigenvalue weighted by molar-refractivity contribution is 0.112. The molecule has 2 heteroatoms. The van der Waals surface area contributed by atoms with Crippen LogP contribution in [0.1, 0.15) is 32.6 Å². The molecule has 134 valence electrons. The van der Waals surface area contributed by atoms with E-state index in [-0.39, 0.29) is 0 Å². The summed E-state index contributed by atoms with van der Waals surface area (Å²) in [6, 6.07) is 24.0. The van der Waals surface area contributed by atoms with E-state index < -0.39 is 0 Å². The molecule has 0 aliphatic rings. The van der Waals surface area contributed by atoms with Crippen molar-refractivity contribution in [1.82, 2.24) is 0 Å². The summed E-state index contributed by atoms with van der Waals surface area (Å²) in [5.41, 5.74) is 5.69. The summed E-state index contributed by atoms with van der Waals surface area (Å²) < 4.78 is 1.14. The van der Waals surface area contributed by atoms with E-state index in [1.54, 1.807) is 0 Å². The minimum Gasteiger partial charge on any atom is -0.298 e. The van der Waals surface area contributed by atoms with Crippen LogP contribution in [0.25, 0.3) is 6.08 Å². The second-order valence-electron chi connectivity index (χ2n) is 5.94. The average molecular weight is 409 g/mol. The van der Waals surface area contributed by atoms with E-state index in [9.17, 15) is 4.79 Å². The molecule has 0 heterocycles. The quantitative estimate of drug-likeness (QED) is 0.409. The Hall–Kier alpha value is -2.45. The Bertz CT molecular complexity index is 715. The summed E-state index contributed by atoms with van der Waals surface area (Å²) in [5.74, 6) is 0. The molecule has 0 aliphatic heterocycles. The van der Waals surface area contributed by atoms with Crippen molar-refractivity contribution in [3.63, 3.8) is 0 Å². The third kappa shape index (κ3) is 9.14. The summed E-state index contributed by atoms with van der Waals surface area (Å²) in [5, 5.41) is 0. The summed E-state index contributed by atoms with van der Waals surface area (Å²) in [6.07, 6.45) is 2.69. The fourth-order valence-corrected chi connectivity index (χ4v) is 2.15. The Balaban J connectivity index is 0.000000195. The number of hydrogen-bond acceptors (Lipinski definition) is 1. The highest BCUT2D eigenvalue weighted by Crippen LogP contribution is 2.08. The zero-order chi connectivity index (χ0) is 19.4. The molecule has 26 heavy (non-hydrogen) atoms. The molecule has 0 bridgehead atoms. The zero-order valence-corrected chi connectivity index (χ0v) is 17.2. The minimum absolute atomic E-state index is 0.737. The molecule has 0 amide bonds. The van der Waals surface area contributed by atoms with Gasteiger partial charge in [-0.1, -0.05) is 106 Å². The smallest absolute Gasteiger partial charge is 0.150 e. The van der Waals surface area contributed by atoms with Gasteiger partial charge in [0.05, 0.1) is 0 Å². The highest BCUT2D eigenvalue weighted by Gasteiger charge is 1.85. The largest absolute Gasteiger partial charge is 0.298 e. The molecule has 0 saturated carbocycles. The van der Waals surface area contributed by atoms with Crippen molar-refractivity contribution in [3.05, 3.63) is 112 Å². The first-order valence-electron chi connectivity index (χ1n) is 8.37. The van der Waals surface area contributed by atoms with Gasteiger partial charge in [0.25, 0.3) is 0 Å². The molecule has 0 aromatic heterocycles. The molecule has 0 unspecified atom stereocenters. The van der Waals surface area contributed by atoms with E-state index in [1.165, 1.54) is 22.3 Å². The normalized spacial score (nSPS) is 9.08. The first kappa shape index (κ1) is 21.6. The lowest BCUT2D eigenvalue weighted by Crippen LogP contribution is -1.77. The molecule has 0 saturated heterocycles. The Kier molecular flexibility index (Phi) is 9.96. The van der Waals surface area contributed by atoms with Crippen molar-refractivity contribution in [3.8, 4) is 0 Å². The van der Waals surface area contributed by atoms with Crippen LogP contribution in [-0.2, 0) is 0 Å². The highest BCUT2D eigenvalue weighted by molar-refractivity contribution is 9.10. The molecule has 1 nitrogen and oxygen atoms in total. The lowest BCUT2D eigenvalue weighted by atomic mass is 10.2. The SMILES string of the molecule is C=Cc1ccc(C)cc1.Cc1ccc(Br)cc1.Cc1ccc(C=O)cc1. The lowest BCUT2D eigenvalue weighted by Gasteiger charge is -1.91. The molecule has 0 aliphatic carbocycles. The number of carbonyl (C=O) groups excluding carboxylic acids is 1. The molecule has 0 fully saturated rings. The van der Waals surface area contributed by atoms with Crippen LogP contribution in [0.2, 0.25) is 0 Å². The van der Waals surface area contributed by atoms with Gasteiger partial charge in [-0.15, -0.1) is 0 Å². The maximum Gasteiger partial charge on any atom is 0.150 e. The van der Waals surface area contributed by atoms with Crippen molar-refractivity contribution in [1.29, 1.82) is 0 Å². The molecule has 0 N–H and O–H groups in total. The number of rotatable bonds is 2. The predicted molar refractivity (Wildman–Crippen MR) is 117 cm³/mol. The second kappa shape index (κ2) is 12.0. The van der Waals surface area contributed by atoms with Gasteiger partial charge in [-0.05, 0) is 38.5 Å². The Morgan fingerprint density at radius 3 is 1.31 bits per heavy atom. The van der Waals surface area contributed by atoms with Crippen molar-refractivity contribution in [2.24, 2.45) is 0 Å². The monoisotopic (exact) mass is 408 g/mol. The van der Waals surface area contributed by atoms with Crippen molar-refractivity contribution >= 4 is 28.3 Å². The van der Waals surface area contributed by atoms with Gasteiger partial charge in [0, 0.05) is 10.0 Å². The number of aryl methyl sites for hydroxylation is 3. The van der Waals surface area contributed by atoms with E-state index >= 15 is 0 Å². The summed E-state index contributed by atoms with van der Waals surface area (Å²) >= 11 is 3.35. The summed E-state index contributed by atoms with van der Waals surface area (Å²) in [6.45, 7) is 9.81. The number of halogens is 1. The maximum atomic E-state index is 10.1. The van der Waals surface area contributed by atoms with Gasteiger partial charge in [0.15, 0.2) is 0 Å². The fraction of sp³-hybridized carbons (Fsp3) is 0.125. The third-order valence-corrected chi connectivity index (χ3v) is 4.07. The Morgan fingerprint density at radius 1 is 0.654 bits per heavy atom. The van der Waals surface area contributed by atoms with Gasteiger partial charge in [0.2, 0.25) is 0 Å². The van der Waals surface area contributed by atoms with E-state index in [0.29, 0.717) is 0 Å². The van der Waals surface area contributed by atoms with Crippen molar-refractivity contribution in [2.75, 3.05) is 0 Å². The van der Waals surface area contributed by atoms with Gasteiger partial charge in [0.1, 0.15) is 6.29 Å². The minimum atomic E-state index is 0.737. The molecule has 0 atom stereocenters. The highest BCUT2D eigenvalue weighted by atomic mass is 79.9. The van der Waals surface area contributed by atoms with E-state index in [0.717, 1.165) is 16.3 Å². The first-order valence-corrected chi connectivity index (χ1v) is 9.17. The first-order chi connectivity index (χ1) is 12.4. The van der Waals surface area contributed by atoms with Crippen LogP contribution in [-0.4, -0.2) is 6.29 Å². The van der Waals surface area contributed by atoms with Gasteiger partial charge in [-0.2, -0.15) is 0 Å². The number of aldehydes is 1. The van der Waals surface area contributed by atoms with Crippen LogP contribution in [0.4, 0.5) is 0 Å². The van der Waals surface area contributed by atoms with Crippen LogP contribution < -0.4 is 0 Å². The van der Waals surface area contributed by atoms with Crippen molar-refractivity contribution in [2.45, 2.75) is 20.8 Å². The summed E-state index contributed by atoms with van der Waals surface area (Å²) in [4.78, 5) is 10.1. The van der Waals surface area contributed by atoms with E-state index in [1.807, 2.05) is 49.4 Å². The molecule has 0 radical (unpaired) electrons. The van der Waals surface area contributed by atoms with E-state index in [4.69, 9.17) is 0 Å². The van der Waals surface area contributed by atoms with Gasteiger partial charge < -0.3 is 0 Å². The molecule has 3 aromatic rings. The third-order valence-electron chi connectivity index (χ3n) is 3.54. The average Bonchev–Trinajstić information content (AvgIpc) is 2.66. The number of hydrogen-bond donors (Lipinski definition) is 0. The van der Waals surface area contributed by atoms with Gasteiger partial charge in [-0.3, -0.25) is 4.79 Å². The second-order valence-corrected chi connectivity index (χ2v) is 6.85. The Labute approximate surface area is 165 Å². The molecule has 3 aromatic carbocycles. The van der Waals surface area contributed by atoms with Crippen molar-refractivity contribution < 1.29 is 4.79 Å². The summed E-state index contributed by atoms with van der Waals surface area (Å²) in [7, 11) is 0. The molecule has 3 rings (SSSR count). The van der Waals surface area contributed by atoms with Gasteiger partial charge >= 0.3 is 0 Å². The fourth-order valence-electron chi connectivity index (χ4n) is 1.88. The maximum absolute atomic E-state index is 10.1. The van der Waals surface area contributed by atoms with Gasteiger partial charge in [-0.25, -0.2) is 0 Å². The molecular formula is C24H25BrO. The Morgan fingerprint density at radius 2 is 1.00 bits per heavy atom. The predicted octanol–water partition coefficient (Wildman–Crippen LogP) is 7.20. The van der Waals surface area contributed by atoms with Crippen LogP contribution in [0, 0.1) is 20.8 Å². The topological polar surface area (TPSA) is 17.1 Å². The standard InChI is InChI=1S/C9H10.C8H8O.C7H7Br/c1-3-9-6-4-8(2)5-7-9;1-7-2-4-8(6-9)5-3-7;1-6-2-4-7(8)5-3-6/h3-7H,1H2,2H3;2-6H,1H3;2-5H,1H3. The molecular weight excluding hydrogens is 384 g/mol.